The lowest BCUT2D eigenvalue weighted by Crippen LogP contribution is -2.58. The second-order valence-corrected chi connectivity index (χ2v) is 11.0. The Labute approximate surface area is 195 Å². The Morgan fingerprint density at radius 1 is 0.939 bits per heavy atom. The molecule has 1 saturated carbocycles. The quantitative estimate of drug-likeness (QED) is 0.507. The minimum atomic E-state index is -4.09. The molecule has 192 valence electrons. The lowest BCUT2D eigenvalue weighted by molar-refractivity contribution is -0.182. The topological polar surface area (TPSA) is 45.8 Å². The summed E-state index contributed by atoms with van der Waals surface area (Å²) in [5, 5.41) is 3.14. The largest absolute Gasteiger partial charge is 0.393 e. The van der Waals surface area contributed by atoms with Gasteiger partial charge in [0.1, 0.15) is 6.17 Å². The maximum absolute atomic E-state index is 14.5. The molecule has 4 rings (SSSR count). The zero-order valence-corrected chi connectivity index (χ0v) is 20.1. The van der Waals surface area contributed by atoms with E-state index in [1.807, 2.05) is 14.1 Å². The van der Waals surface area contributed by atoms with Gasteiger partial charge in [-0.1, -0.05) is 0 Å². The Bertz CT molecular complexity index is 604. The number of hydrazine groups is 1. The first kappa shape index (κ1) is 25.6. The van der Waals surface area contributed by atoms with E-state index in [-0.39, 0.29) is 25.0 Å². The van der Waals surface area contributed by atoms with E-state index < -0.39 is 18.3 Å². The molecule has 33 heavy (non-hydrogen) atoms. The molecule has 7 unspecified atom stereocenters. The zero-order valence-electron chi connectivity index (χ0n) is 20.1. The molecule has 0 aromatic heterocycles. The number of piperazine rings is 1. The number of nitrogens with one attached hydrogen (secondary N) is 3. The number of hydrogen-bond acceptors (Lipinski definition) is 6. The van der Waals surface area contributed by atoms with Gasteiger partial charge in [0, 0.05) is 70.2 Å². The molecular formula is C23H42F4N6. The highest BCUT2D eigenvalue weighted by Crippen LogP contribution is 2.37. The normalized spacial score (nSPS) is 39.9. The lowest BCUT2D eigenvalue weighted by atomic mass is 9.74. The smallest absolute Gasteiger partial charge is 0.309 e. The number of halogens is 4. The fraction of sp³-hybridized carbons (Fsp3) is 1.00. The second-order valence-electron chi connectivity index (χ2n) is 11.0. The van der Waals surface area contributed by atoms with Gasteiger partial charge in [0.15, 0.2) is 0 Å². The van der Waals surface area contributed by atoms with Crippen LogP contribution in [0, 0.1) is 23.7 Å². The van der Waals surface area contributed by atoms with Crippen molar-refractivity contribution in [1.29, 1.82) is 0 Å². The first-order valence-corrected chi connectivity index (χ1v) is 12.7. The van der Waals surface area contributed by atoms with Gasteiger partial charge in [-0.2, -0.15) is 13.2 Å². The summed E-state index contributed by atoms with van der Waals surface area (Å²) >= 11 is 0. The molecule has 0 spiro atoms. The Morgan fingerprint density at radius 2 is 1.70 bits per heavy atom. The van der Waals surface area contributed by atoms with Crippen molar-refractivity contribution in [3.05, 3.63) is 0 Å². The predicted octanol–water partition coefficient (Wildman–Crippen LogP) is 1.90. The average molecular weight is 479 g/mol. The molecule has 3 N–H and O–H groups in total. The van der Waals surface area contributed by atoms with Crippen LogP contribution in [0.3, 0.4) is 0 Å². The number of piperidine rings is 1. The molecule has 3 heterocycles. The standard InChI is InChI=1S/C23H42F4N6/c1-31(2)14-17-11-16(3-5-20(17)24)22-18(12-29-30-22)15-32-7-9-33(10-8-32)21-6-4-19(13-28-21)23(25,26)27/h16-22,28-30H,3-15H2,1-2H3. The van der Waals surface area contributed by atoms with Crippen LogP contribution in [0.1, 0.15) is 32.1 Å². The zero-order chi connectivity index (χ0) is 23.6. The highest BCUT2D eigenvalue weighted by molar-refractivity contribution is 4.95. The average Bonchev–Trinajstić information content (AvgIpc) is 3.23. The monoisotopic (exact) mass is 478 g/mol. The number of alkyl halides is 4. The van der Waals surface area contributed by atoms with E-state index in [0.29, 0.717) is 30.7 Å². The van der Waals surface area contributed by atoms with Gasteiger partial charge < -0.3 is 15.1 Å². The van der Waals surface area contributed by atoms with Gasteiger partial charge in [0.05, 0.1) is 12.1 Å². The summed E-state index contributed by atoms with van der Waals surface area (Å²) in [5.74, 6) is -0.0984. The first-order valence-electron chi connectivity index (χ1n) is 12.7. The van der Waals surface area contributed by atoms with Crippen LogP contribution in [0.5, 0.6) is 0 Å². The van der Waals surface area contributed by atoms with Crippen molar-refractivity contribution in [1.82, 2.24) is 30.9 Å². The van der Waals surface area contributed by atoms with Crippen LogP contribution in [0.4, 0.5) is 17.6 Å². The summed E-state index contributed by atoms with van der Waals surface area (Å²) in [5.41, 5.74) is 6.87. The Kier molecular flexibility index (Phi) is 8.55. The van der Waals surface area contributed by atoms with Crippen LogP contribution in [0.15, 0.2) is 0 Å². The van der Waals surface area contributed by atoms with Crippen molar-refractivity contribution >= 4 is 0 Å². The molecule has 0 radical (unpaired) electrons. The van der Waals surface area contributed by atoms with Gasteiger partial charge in [-0.3, -0.25) is 15.8 Å². The predicted molar refractivity (Wildman–Crippen MR) is 121 cm³/mol. The van der Waals surface area contributed by atoms with Gasteiger partial charge in [-0.15, -0.1) is 0 Å². The van der Waals surface area contributed by atoms with Gasteiger partial charge in [-0.05, 0) is 52.1 Å². The summed E-state index contributed by atoms with van der Waals surface area (Å²) in [6.45, 7) is 6.47. The molecule has 6 nitrogen and oxygen atoms in total. The number of nitrogens with zero attached hydrogens (tertiary/aromatic N) is 3. The van der Waals surface area contributed by atoms with Gasteiger partial charge in [0.25, 0.3) is 0 Å². The second kappa shape index (κ2) is 11.0. The van der Waals surface area contributed by atoms with E-state index in [0.717, 1.165) is 58.7 Å². The molecule has 0 amide bonds. The van der Waals surface area contributed by atoms with Gasteiger partial charge >= 0.3 is 6.18 Å². The minimum Gasteiger partial charge on any atom is -0.309 e. The van der Waals surface area contributed by atoms with Crippen LogP contribution >= 0.6 is 0 Å². The molecule has 10 heteroatoms. The van der Waals surface area contributed by atoms with E-state index in [4.69, 9.17) is 0 Å². The lowest BCUT2D eigenvalue weighted by Gasteiger charge is -2.43. The van der Waals surface area contributed by atoms with Crippen molar-refractivity contribution in [3.8, 4) is 0 Å². The Balaban J connectivity index is 1.22. The number of hydrogen-bond donors (Lipinski definition) is 3. The summed E-state index contributed by atoms with van der Waals surface area (Å²) in [4.78, 5) is 6.92. The molecule has 1 aliphatic carbocycles. The van der Waals surface area contributed by atoms with Gasteiger partial charge in [0.2, 0.25) is 0 Å². The fourth-order valence-electron chi connectivity index (χ4n) is 6.50. The van der Waals surface area contributed by atoms with Crippen LogP contribution in [-0.2, 0) is 0 Å². The summed E-state index contributed by atoms with van der Waals surface area (Å²) < 4.78 is 53.3. The molecule has 3 aliphatic heterocycles. The molecule has 0 aromatic rings. The Hall–Kier alpha value is -0.520. The van der Waals surface area contributed by atoms with E-state index in [1.165, 1.54) is 0 Å². The molecule has 3 saturated heterocycles. The van der Waals surface area contributed by atoms with Crippen molar-refractivity contribution < 1.29 is 17.6 Å². The van der Waals surface area contributed by atoms with Crippen LogP contribution in [-0.4, -0.2) is 106 Å². The van der Waals surface area contributed by atoms with Crippen LogP contribution in [0.25, 0.3) is 0 Å². The minimum absolute atomic E-state index is 0.0332. The van der Waals surface area contributed by atoms with Crippen LogP contribution in [0.2, 0.25) is 0 Å². The molecule has 0 bridgehead atoms. The SMILES string of the molecule is CN(C)CC1CC(C2NNCC2CN2CCN(C3CCC(C(F)(F)F)CN3)CC2)CCC1F. The third-order valence-electron chi connectivity index (χ3n) is 8.37. The summed E-state index contributed by atoms with van der Waals surface area (Å²) in [7, 11) is 4.04. The molecule has 4 fully saturated rings. The molecule has 7 atom stereocenters. The number of rotatable bonds is 6. The summed E-state index contributed by atoms with van der Waals surface area (Å²) in [6.07, 6.45) is -1.38. The first-order chi connectivity index (χ1) is 15.7. The van der Waals surface area contributed by atoms with Crippen molar-refractivity contribution in [3.63, 3.8) is 0 Å². The highest BCUT2D eigenvalue weighted by Gasteiger charge is 2.43. The van der Waals surface area contributed by atoms with Crippen LogP contribution < -0.4 is 16.2 Å². The fourth-order valence-corrected chi connectivity index (χ4v) is 6.50. The Morgan fingerprint density at radius 3 is 2.33 bits per heavy atom. The van der Waals surface area contributed by atoms with Crippen molar-refractivity contribution in [2.75, 3.05) is 66.5 Å². The van der Waals surface area contributed by atoms with Crippen molar-refractivity contribution in [2.45, 2.75) is 56.7 Å². The maximum Gasteiger partial charge on any atom is 0.393 e. The highest BCUT2D eigenvalue weighted by atomic mass is 19.4. The molecular weight excluding hydrogens is 436 g/mol. The molecule has 4 aliphatic rings. The maximum atomic E-state index is 14.5. The third-order valence-corrected chi connectivity index (χ3v) is 8.37. The summed E-state index contributed by atoms with van der Waals surface area (Å²) in [6, 6.07) is 0.375. The van der Waals surface area contributed by atoms with Gasteiger partial charge in [-0.25, -0.2) is 4.39 Å². The van der Waals surface area contributed by atoms with E-state index in [2.05, 4.69) is 30.9 Å². The van der Waals surface area contributed by atoms with E-state index in [1.54, 1.807) is 0 Å². The van der Waals surface area contributed by atoms with E-state index in [9.17, 15) is 17.6 Å². The van der Waals surface area contributed by atoms with Crippen molar-refractivity contribution in [2.24, 2.45) is 23.7 Å². The third kappa shape index (κ3) is 6.58. The molecule has 0 aromatic carbocycles. The van der Waals surface area contributed by atoms with E-state index >= 15 is 0 Å².